The number of methoxy groups -OCH3 is 1. The average molecular weight is 468 g/mol. The van der Waals surface area contributed by atoms with Gasteiger partial charge in [-0.15, -0.1) is 12.4 Å². The summed E-state index contributed by atoms with van der Waals surface area (Å²) in [7, 11) is 5.28. The van der Waals surface area contributed by atoms with Crippen LogP contribution in [0.15, 0.2) is 40.8 Å². The van der Waals surface area contributed by atoms with Crippen molar-refractivity contribution in [3.63, 3.8) is 0 Å². The highest BCUT2D eigenvalue weighted by molar-refractivity contribution is 7.22. The van der Waals surface area contributed by atoms with E-state index in [4.69, 9.17) is 9.15 Å². The average Bonchev–Trinajstić information content (AvgIpc) is 3.31. The van der Waals surface area contributed by atoms with E-state index >= 15 is 0 Å². The zero-order valence-corrected chi connectivity index (χ0v) is 18.7. The van der Waals surface area contributed by atoms with Gasteiger partial charge in [0.2, 0.25) is 0 Å². The molecule has 2 heterocycles. The number of benzene rings is 2. The van der Waals surface area contributed by atoms with Gasteiger partial charge in [-0.25, -0.2) is 13.8 Å². The number of halogens is 3. The summed E-state index contributed by atoms with van der Waals surface area (Å²) >= 11 is 1.05. The first-order valence-electron chi connectivity index (χ1n) is 9.16. The van der Waals surface area contributed by atoms with Gasteiger partial charge < -0.3 is 14.1 Å². The van der Waals surface area contributed by atoms with Gasteiger partial charge in [0.05, 0.1) is 11.8 Å². The second-order valence-corrected chi connectivity index (χ2v) is 7.99. The maximum Gasteiger partial charge on any atom is 0.295 e. The van der Waals surface area contributed by atoms with Crippen LogP contribution >= 0.6 is 23.7 Å². The first-order valence-corrected chi connectivity index (χ1v) is 9.97. The Kier molecular flexibility index (Phi) is 6.78. The third-order valence-electron chi connectivity index (χ3n) is 4.59. The van der Waals surface area contributed by atoms with Crippen LogP contribution in [0.3, 0.4) is 0 Å². The molecular weight excluding hydrogens is 448 g/mol. The summed E-state index contributed by atoms with van der Waals surface area (Å²) in [6.07, 6.45) is 0. The molecule has 10 heteroatoms. The molecular formula is C21H20ClF2N3O3S. The van der Waals surface area contributed by atoms with Gasteiger partial charge in [-0.3, -0.25) is 9.69 Å². The molecule has 1 amide bonds. The van der Waals surface area contributed by atoms with Gasteiger partial charge in [0, 0.05) is 24.5 Å². The van der Waals surface area contributed by atoms with Crippen molar-refractivity contribution in [2.45, 2.75) is 0 Å². The predicted molar refractivity (Wildman–Crippen MR) is 120 cm³/mol. The Balaban J connectivity index is 0.00000272. The minimum Gasteiger partial charge on any atom is -0.493 e. The number of thiazole rings is 1. The van der Waals surface area contributed by atoms with Crippen LogP contribution in [-0.4, -0.2) is 50.1 Å². The highest BCUT2D eigenvalue weighted by Crippen LogP contribution is 2.33. The second-order valence-electron chi connectivity index (χ2n) is 6.98. The van der Waals surface area contributed by atoms with E-state index < -0.39 is 17.5 Å². The number of amides is 1. The summed E-state index contributed by atoms with van der Waals surface area (Å²) in [6.45, 7) is 0.839. The summed E-state index contributed by atoms with van der Waals surface area (Å²) in [5.41, 5.74) is 0.499. The maximum atomic E-state index is 14.1. The van der Waals surface area contributed by atoms with E-state index in [1.165, 1.54) is 18.1 Å². The zero-order valence-electron chi connectivity index (χ0n) is 17.0. The standard InChI is InChI=1S/C21H19F2N3O3S.ClH/c1-25(2)7-8-26(21-24-18-14(23)10-13(22)11-17(18)30-21)20(27)16-9-12-5-4-6-15(28-3)19(12)29-16;/h4-6,9-11H,7-8H2,1-3H3;1H. The normalized spacial score (nSPS) is 11.2. The quantitative estimate of drug-likeness (QED) is 0.401. The molecule has 0 saturated carbocycles. The molecule has 0 spiro atoms. The van der Waals surface area contributed by atoms with E-state index in [0.29, 0.717) is 29.1 Å². The highest BCUT2D eigenvalue weighted by Gasteiger charge is 2.26. The Morgan fingerprint density at radius 1 is 1.19 bits per heavy atom. The van der Waals surface area contributed by atoms with Crippen LogP contribution in [0.5, 0.6) is 5.75 Å². The fourth-order valence-electron chi connectivity index (χ4n) is 3.08. The van der Waals surface area contributed by atoms with E-state index in [1.54, 1.807) is 18.2 Å². The first-order chi connectivity index (χ1) is 14.4. The third-order valence-corrected chi connectivity index (χ3v) is 5.61. The molecule has 2 aromatic carbocycles. The van der Waals surface area contributed by atoms with E-state index in [1.807, 2.05) is 25.1 Å². The number of ether oxygens (including phenoxy) is 1. The molecule has 0 unspecified atom stereocenters. The molecule has 6 nitrogen and oxygen atoms in total. The molecule has 0 bridgehead atoms. The summed E-state index contributed by atoms with van der Waals surface area (Å²) < 4.78 is 39.2. The second kappa shape index (κ2) is 9.17. The molecule has 0 aliphatic carbocycles. The van der Waals surface area contributed by atoms with E-state index in [2.05, 4.69) is 4.98 Å². The smallest absolute Gasteiger partial charge is 0.295 e. The van der Waals surface area contributed by atoms with Gasteiger partial charge in [-0.05, 0) is 32.3 Å². The maximum absolute atomic E-state index is 14.1. The number of anilines is 1. The summed E-state index contributed by atoms with van der Waals surface area (Å²) in [4.78, 5) is 20.9. The van der Waals surface area contributed by atoms with E-state index in [9.17, 15) is 13.6 Å². The lowest BCUT2D eigenvalue weighted by molar-refractivity contribution is 0.0960. The monoisotopic (exact) mass is 467 g/mol. The molecule has 0 radical (unpaired) electrons. The number of nitrogens with zero attached hydrogens (tertiary/aromatic N) is 3. The Hall–Kier alpha value is -2.75. The van der Waals surface area contributed by atoms with Crippen molar-refractivity contribution < 1.29 is 22.7 Å². The number of hydrogen-bond acceptors (Lipinski definition) is 6. The fraction of sp³-hybridized carbons (Fsp3) is 0.238. The number of rotatable bonds is 6. The van der Waals surface area contributed by atoms with Crippen molar-refractivity contribution in [1.82, 2.24) is 9.88 Å². The molecule has 164 valence electrons. The molecule has 31 heavy (non-hydrogen) atoms. The first kappa shape index (κ1) is 22.9. The number of likely N-dealkylation sites (N-methyl/N-ethyl adjacent to an activating group) is 1. The van der Waals surface area contributed by atoms with Crippen LogP contribution < -0.4 is 9.64 Å². The van der Waals surface area contributed by atoms with Crippen LogP contribution in [0.2, 0.25) is 0 Å². The number of carbonyl (C=O) groups excluding carboxylic acids is 1. The van der Waals surface area contributed by atoms with Crippen LogP contribution in [0.25, 0.3) is 21.2 Å². The third kappa shape index (κ3) is 4.48. The zero-order chi connectivity index (χ0) is 21.4. The van der Waals surface area contributed by atoms with Gasteiger partial charge in [-0.1, -0.05) is 23.5 Å². The van der Waals surface area contributed by atoms with Crippen molar-refractivity contribution in [1.29, 1.82) is 0 Å². The van der Waals surface area contributed by atoms with Gasteiger partial charge in [0.15, 0.2) is 28.0 Å². The number of hydrogen-bond donors (Lipinski definition) is 0. The van der Waals surface area contributed by atoms with Crippen molar-refractivity contribution in [2.24, 2.45) is 0 Å². The number of carbonyl (C=O) groups is 1. The minimum atomic E-state index is -0.763. The van der Waals surface area contributed by atoms with Crippen LogP contribution in [0, 0.1) is 11.6 Å². The van der Waals surface area contributed by atoms with Crippen LogP contribution in [-0.2, 0) is 0 Å². The molecule has 4 aromatic rings. The Morgan fingerprint density at radius 2 is 1.97 bits per heavy atom. The Labute approximate surface area is 187 Å². The van der Waals surface area contributed by atoms with Crippen LogP contribution in [0.4, 0.5) is 13.9 Å². The largest absolute Gasteiger partial charge is 0.493 e. The lowest BCUT2D eigenvalue weighted by Gasteiger charge is -2.20. The predicted octanol–water partition coefficient (Wildman–Crippen LogP) is 4.96. The van der Waals surface area contributed by atoms with Crippen molar-refractivity contribution in [2.75, 3.05) is 39.2 Å². The highest BCUT2D eigenvalue weighted by atomic mass is 35.5. The fourth-order valence-corrected chi connectivity index (χ4v) is 4.11. The summed E-state index contributed by atoms with van der Waals surface area (Å²) in [6, 6.07) is 8.99. The number of aromatic nitrogens is 1. The Bertz CT molecular complexity index is 1240. The Morgan fingerprint density at radius 3 is 2.68 bits per heavy atom. The summed E-state index contributed by atoms with van der Waals surface area (Å²) in [5.74, 6) is -1.25. The topological polar surface area (TPSA) is 58.8 Å². The van der Waals surface area contributed by atoms with Crippen LogP contribution in [0.1, 0.15) is 10.6 Å². The lowest BCUT2D eigenvalue weighted by Crippen LogP contribution is -2.36. The minimum absolute atomic E-state index is 0. The lowest BCUT2D eigenvalue weighted by atomic mass is 10.2. The van der Waals surface area contributed by atoms with Gasteiger partial charge in [0.1, 0.15) is 11.3 Å². The van der Waals surface area contributed by atoms with Gasteiger partial charge >= 0.3 is 0 Å². The van der Waals surface area contributed by atoms with Crippen molar-refractivity contribution >= 4 is 56.0 Å². The molecule has 0 saturated heterocycles. The number of para-hydroxylation sites is 1. The van der Waals surface area contributed by atoms with Crippen molar-refractivity contribution in [3.8, 4) is 5.75 Å². The molecule has 4 rings (SSSR count). The molecule has 0 aliphatic heterocycles. The number of furan rings is 1. The summed E-state index contributed by atoms with van der Waals surface area (Å²) in [5, 5.41) is 0.997. The molecule has 0 fully saturated rings. The van der Waals surface area contributed by atoms with E-state index in [-0.39, 0.29) is 28.8 Å². The molecule has 0 atom stereocenters. The molecule has 2 aromatic heterocycles. The number of fused-ring (bicyclic) bond motifs is 2. The van der Waals surface area contributed by atoms with Gasteiger partial charge in [-0.2, -0.15) is 0 Å². The molecule has 0 N–H and O–H groups in total. The van der Waals surface area contributed by atoms with Crippen molar-refractivity contribution in [3.05, 3.63) is 53.8 Å². The van der Waals surface area contributed by atoms with Gasteiger partial charge in [0.25, 0.3) is 5.91 Å². The SMILES string of the molecule is COc1cccc2cc(C(=O)N(CCN(C)C)c3nc4c(F)cc(F)cc4s3)oc12.Cl. The van der Waals surface area contributed by atoms with E-state index in [0.717, 1.165) is 22.8 Å². The molecule has 0 aliphatic rings.